The molecule has 140 valence electrons. The van der Waals surface area contributed by atoms with Crippen molar-refractivity contribution < 1.29 is 17.9 Å². The molecule has 8 heteroatoms. The number of thiophene rings is 1. The van der Waals surface area contributed by atoms with Crippen molar-refractivity contribution in [1.29, 1.82) is 0 Å². The lowest BCUT2D eigenvalue weighted by atomic mass is 10.0. The van der Waals surface area contributed by atoms with Crippen LogP contribution in [-0.2, 0) is 14.8 Å². The van der Waals surface area contributed by atoms with Crippen LogP contribution in [0.2, 0.25) is 0 Å². The lowest BCUT2D eigenvalue weighted by molar-refractivity contribution is -0.131. The number of carbonyl (C=O) groups excluding carboxylic acids is 1. The minimum atomic E-state index is -3.41. The number of ether oxygens (including phenoxy) is 1. The molecule has 0 spiro atoms. The molecule has 0 bridgehead atoms. The number of fused-ring (bicyclic) bond motifs is 2. The topological polar surface area (TPSA) is 75.7 Å². The number of benzene rings is 2. The van der Waals surface area contributed by atoms with Crippen molar-refractivity contribution in [3.8, 4) is 5.75 Å². The lowest BCUT2D eigenvalue weighted by Gasteiger charge is -2.38. The second-order valence-electron chi connectivity index (χ2n) is 6.93. The van der Waals surface area contributed by atoms with Gasteiger partial charge in [-0.3, -0.25) is 14.4 Å². The summed E-state index contributed by atoms with van der Waals surface area (Å²) in [6.45, 7) is 3.41. The monoisotopic (exact) mass is 402 g/mol. The maximum absolute atomic E-state index is 13.1. The Labute approximate surface area is 161 Å². The molecule has 0 aliphatic carbocycles. The molecule has 2 aromatic carbocycles. The molecule has 0 saturated heterocycles. The Bertz CT molecular complexity index is 1130. The standard InChI is InChI=1S/C19H18N2O4S2/c1-19(2)18(22)21(17-10-12-6-4-5-7-16(12)26-17)14-9-8-13(11-15(14)25-19)20-27(3,23)24/h4-11,20H,1-3H3. The zero-order valence-corrected chi connectivity index (χ0v) is 16.6. The maximum atomic E-state index is 13.1. The summed E-state index contributed by atoms with van der Waals surface area (Å²) in [7, 11) is -3.41. The summed E-state index contributed by atoms with van der Waals surface area (Å²) in [6.07, 6.45) is 1.09. The summed E-state index contributed by atoms with van der Waals surface area (Å²) in [5.41, 5.74) is -0.102. The maximum Gasteiger partial charge on any atom is 0.275 e. The zero-order valence-electron chi connectivity index (χ0n) is 15.0. The van der Waals surface area contributed by atoms with E-state index in [2.05, 4.69) is 4.72 Å². The third kappa shape index (κ3) is 3.26. The number of nitrogens with zero attached hydrogens (tertiary/aromatic N) is 1. The Hall–Kier alpha value is -2.58. The van der Waals surface area contributed by atoms with Gasteiger partial charge in [0.05, 0.1) is 17.6 Å². The van der Waals surface area contributed by atoms with Crippen LogP contribution >= 0.6 is 11.3 Å². The van der Waals surface area contributed by atoms with Gasteiger partial charge in [-0.25, -0.2) is 8.42 Å². The van der Waals surface area contributed by atoms with E-state index in [9.17, 15) is 13.2 Å². The summed E-state index contributed by atoms with van der Waals surface area (Å²) in [5.74, 6) is 0.274. The molecule has 0 radical (unpaired) electrons. The molecule has 1 aliphatic heterocycles. The van der Waals surface area contributed by atoms with Crippen molar-refractivity contribution in [2.45, 2.75) is 19.4 Å². The van der Waals surface area contributed by atoms with E-state index in [0.717, 1.165) is 21.3 Å². The molecule has 3 aromatic rings. The average Bonchev–Trinajstić information content (AvgIpc) is 2.98. The van der Waals surface area contributed by atoms with Crippen LogP contribution in [-0.4, -0.2) is 26.2 Å². The van der Waals surface area contributed by atoms with Gasteiger partial charge in [0, 0.05) is 10.8 Å². The van der Waals surface area contributed by atoms with Crippen molar-refractivity contribution in [3.05, 3.63) is 48.5 Å². The predicted molar refractivity (Wildman–Crippen MR) is 109 cm³/mol. The molecule has 2 heterocycles. The van der Waals surface area contributed by atoms with Gasteiger partial charge in [-0.15, -0.1) is 11.3 Å². The summed E-state index contributed by atoms with van der Waals surface area (Å²) < 4.78 is 32.5. The van der Waals surface area contributed by atoms with Crippen LogP contribution in [0.25, 0.3) is 10.1 Å². The summed E-state index contributed by atoms with van der Waals surface area (Å²) in [6, 6.07) is 14.8. The number of nitrogens with one attached hydrogen (secondary N) is 1. The van der Waals surface area contributed by atoms with Gasteiger partial charge in [0.25, 0.3) is 5.91 Å². The van der Waals surface area contributed by atoms with Crippen molar-refractivity contribution in [1.82, 2.24) is 0 Å². The number of anilines is 3. The van der Waals surface area contributed by atoms with Crippen LogP contribution in [0.3, 0.4) is 0 Å². The quantitative estimate of drug-likeness (QED) is 0.715. The molecule has 27 heavy (non-hydrogen) atoms. The summed E-state index contributed by atoms with van der Waals surface area (Å²) in [4.78, 5) is 14.7. The lowest BCUT2D eigenvalue weighted by Crippen LogP contribution is -2.50. The van der Waals surface area contributed by atoms with E-state index in [4.69, 9.17) is 4.74 Å². The Morgan fingerprint density at radius 3 is 2.56 bits per heavy atom. The highest BCUT2D eigenvalue weighted by atomic mass is 32.2. The Morgan fingerprint density at radius 1 is 1.11 bits per heavy atom. The highest BCUT2D eigenvalue weighted by Crippen LogP contribution is 2.46. The first kappa shape index (κ1) is 17.8. The molecular formula is C19H18N2O4S2. The van der Waals surface area contributed by atoms with Gasteiger partial charge in [0.15, 0.2) is 5.60 Å². The number of rotatable bonds is 3. The molecule has 1 N–H and O–H groups in total. The van der Waals surface area contributed by atoms with Crippen LogP contribution in [0.5, 0.6) is 5.75 Å². The first-order valence-corrected chi connectivity index (χ1v) is 11.0. The van der Waals surface area contributed by atoms with Crippen LogP contribution in [0.1, 0.15) is 13.8 Å². The Morgan fingerprint density at radius 2 is 1.85 bits per heavy atom. The number of amides is 1. The largest absolute Gasteiger partial charge is 0.476 e. The van der Waals surface area contributed by atoms with Crippen LogP contribution in [0.4, 0.5) is 16.4 Å². The highest BCUT2D eigenvalue weighted by molar-refractivity contribution is 7.92. The van der Waals surface area contributed by atoms with Crippen LogP contribution in [0.15, 0.2) is 48.5 Å². The summed E-state index contributed by atoms with van der Waals surface area (Å²) >= 11 is 1.52. The zero-order chi connectivity index (χ0) is 19.4. The van der Waals surface area contributed by atoms with Gasteiger partial charge in [-0.1, -0.05) is 18.2 Å². The van der Waals surface area contributed by atoms with Gasteiger partial charge in [-0.05, 0) is 43.5 Å². The van der Waals surface area contributed by atoms with Gasteiger partial charge in [0.2, 0.25) is 10.0 Å². The van der Waals surface area contributed by atoms with Crippen molar-refractivity contribution in [2.75, 3.05) is 15.9 Å². The van der Waals surface area contributed by atoms with E-state index in [1.807, 2.05) is 30.3 Å². The van der Waals surface area contributed by atoms with Gasteiger partial charge in [0.1, 0.15) is 10.8 Å². The molecule has 0 unspecified atom stereocenters. The molecule has 1 aromatic heterocycles. The number of hydrogen-bond acceptors (Lipinski definition) is 5. The van der Waals surface area contributed by atoms with E-state index < -0.39 is 15.6 Å². The number of sulfonamides is 1. The third-order valence-electron chi connectivity index (χ3n) is 4.22. The Balaban J connectivity index is 1.86. The normalized spacial score (nSPS) is 16.1. The minimum Gasteiger partial charge on any atom is -0.476 e. The highest BCUT2D eigenvalue weighted by Gasteiger charge is 2.42. The van der Waals surface area contributed by atoms with Crippen LogP contribution in [0, 0.1) is 0 Å². The first-order valence-electron chi connectivity index (χ1n) is 8.28. The van der Waals surface area contributed by atoms with E-state index in [-0.39, 0.29) is 5.91 Å². The molecule has 4 rings (SSSR count). The van der Waals surface area contributed by atoms with Crippen molar-refractivity contribution in [2.24, 2.45) is 0 Å². The van der Waals surface area contributed by atoms with Crippen LogP contribution < -0.4 is 14.4 Å². The number of hydrogen-bond donors (Lipinski definition) is 1. The number of carbonyl (C=O) groups is 1. The molecule has 0 fully saturated rings. The SMILES string of the molecule is CC1(C)Oc2cc(NS(C)(=O)=O)ccc2N(c2cc3ccccc3s2)C1=O. The second kappa shape index (κ2) is 5.97. The fraction of sp³-hybridized carbons (Fsp3) is 0.211. The fourth-order valence-corrected chi connectivity index (χ4v) is 4.68. The molecular weight excluding hydrogens is 384 g/mol. The molecule has 0 saturated carbocycles. The first-order chi connectivity index (χ1) is 12.6. The molecule has 6 nitrogen and oxygen atoms in total. The Kier molecular flexibility index (Phi) is 3.94. The minimum absolute atomic E-state index is 0.176. The molecule has 1 amide bonds. The van der Waals surface area contributed by atoms with Crippen molar-refractivity contribution in [3.63, 3.8) is 0 Å². The van der Waals surface area contributed by atoms with E-state index in [0.29, 0.717) is 17.1 Å². The molecule has 1 aliphatic rings. The van der Waals surface area contributed by atoms with Crippen molar-refractivity contribution >= 4 is 53.7 Å². The van der Waals surface area contributed by atoms with E-state index >= 15 is 0 Å². The second-order valence-corrected chi connectivity index (χ2v) is 9.74. The van der Waals surface area contributed by atoms with E-state index in [1.165, 1.54) is 11.3 Å². The fourth-order valence-electron chi connectivity index (χ4n) is 3.05. The smallest absolute Gasteiger partial charge is 0.275 e. The van der Waals surface area contributed by atoms with Gasteiger partial charge in [-0.2, -0.15) is 0 Å². The third-order valence-corrected chi connectivity index (χ3v) is 5.93. The summed E-state index contributed by atoms with van der Waals surface area (Å²) in [5, 5.41) is 1.86. The van der Waals surface area contributed by atoms with Gasteiger partial charge < -0.3 is 4.74 Å². The predicted octanol–water partition coefficient (Wildman–Crippen LogP) is 4.11. The van der Waals surface area contributed by atoms with Gasteiger partial charge >= 0.3 is 0 Å². The molecule has 0 atom stereocenters. The van der Waals surface area contributed by atoms with E-state index in [1.54, 1.807) is 36.9 Å². The average molecular weight is 402 g/mol.